The number of carboxylic acids is 1. The lowest BCUT2D eigenvalue weighted by molar-refractivity contribution is -0.136. The van der Waals surface area contributed by atoms with Gasteiger partial charge in [-0.2, -0.15) is 0 Å². The van der Waals surface area contributed by atoms with Crippen molar-refractivity contribution >= 4 is 11.8 Å². The predicted molar refractivity (Wildman–Crippen MR) is 44.9 cm³/mol. The zero-order valence-electron chi connectivity index (χ0n) is 7.08. The number of aromatic nitrogens is 1. The first-order valence-electron chi connectivity index (χ1n) is 3.76. The first-order chi connectivity index (χ1) is 6.50. The largest absolute Gasteiger partial charge is 0.481 e. The fourth-order valence-corrected chi connectivity index (χ4v) is 0.966. The highest BCUT2D eigenvalue weighted by molar-refractivity contribution is 5.69. The number of pyridine rings is 1. The van der Waals surface area contributed by atoms with Crippen molar-refractivity contribution in [3.63, 3.8) is 0 Å². The Morgan fingerprint density at radius 1 is 1.57 bits per heavy atom. The van der Waals surface area contributed by atoms with Crippen LogP contribution in [0.1, 0.15) is 17.7 Å². The number of nitrogen functional groups attached to an aromatic ring is 1. The van der Waals surface area contributed by atoms with E-state index in [2.05, 4.69) is 4.98 Å². The SMILES string of the molecule is Nc1nc(CC(=O)O)ccc1C(F)F. The third-order valence-corrected chi connectivity index (χ3v) is 1.58. The van der Waals surface area contributed by atoms with E-state index in [9.17, 15) is 13.6 Å². The summed E-state index contributed by atoms with van der Waals surface area (Å²) in [6, 6.07) is 2.32. The van der Waals surface area contributed by atoms with Crippen LogP contribution >= 0.6 is 0 Å². The van der Waals surface area contributed by atoms with E-state index in [1.54, 1.807) is 0 Å². The first-order valence-corrected chi connectivity index (χ1v) is 3.76. The monoisotopic (exact) mass is 202 g/mol. The van der Waals surface area contributed by atoms with Gasteiger partial charge in [0.15, 0.2) is 0 Å². The molecule has 0 aromatic carbocycles. The highest BCUT2D eigenvalue weighted by Crippen LogP contribution is 2.23. The maximum atomic E-state index is 12.2. The van der Waals surface area contributed by atoms with E-state index in [0.717, 1.165) is 6.07 Å². The van der Waals surface area contributed by atoms with Gasteiger partial charge in [0.25, 0.3) is 6.43 Å². The number of aliphatic carboxylic acids is 1. The summed E-state index contributed by atoms with van der Waals surface area (Å²) in [6.45, 7) is 0. The van der Waals surface area contributed by atoms with Gasteiger partial charge in [0.2, 0.25) is 0 Å². The maximum Gasteiger partial charge on any atom is 0.309 e. The van der Waals surface area contributed by atoms with Crippen LogP contribution in [0.5, 0.6) is 0 Å². The Labute approximate surface area is 78.4 Å². The quantitative estimate of drug-likeness (QED) is 0.772. The van der Waals surface area contributed by atoms with Gasteiger partial charge in [0, 0.05) is 0 Å². The topological polar surface area (TPSA) is 76.2 Å². The van der Waals surface area contributed by atoms with Gasteiger partial charge in [-0.15, -0.1) is 0 Å². The minimum atomic E-state index is -2.69. The molecule has 14 heavy (non-hydrogen) atoms. The lowest BCUT2D eigenvalue weighted by Gasteiger charge is -2.04. The van der Waals surface area contributed by atoms with Crippen LogP contribution in [0.2, 0.25) is 0 Å². The summed E-state index contributed by atoms with van der Waals surface area (Å²) in [5.41, 5.74) is 5.00. The summed E-state index contributed by atoms with van der Waals surface area (Å²) in [5, 5.41) is 8.41. The van der Waals surface area contributed by atoms with Crippen LogP contribution in [0.4, 0.5) is 14.6 Å². The van der Waals surface area contributed by atoms with Crippen LogP contribution in [0.3, 0.4) is 0 Å². The summed E-state index contributed by atoms with van der Waals surface area (Å²) >= 11 is 0. The molecule has 4 nitrogen and oxygen atoms in total. The Kier molecular flexibility index (Phi) is 2.95. The van der Waals surface area contributed by atoms with E-state index >= 15 is 0 Å². The van der Waals surface area contributed by atoms with Crippen molar-refractivity contribution in [2.24, 2.45) is 0 Å². The number of hydrogen-bond acceptors (Lipinski definition) is 3. The molecule has 0 aliphatic carbocycles. The molecular weight excluding hydrogens is 194 g/mol. The van der Waals surface area contributed by atoms with Gasteiger partial charge in [0.1, 0.15) is 5.82 Å². The number of carboxylic acid groups (broad SMARTS) is 1. The molecule has 0 saturated heterocycles. The van der Waals surface area contributed by atoms with Gasteiger partial charge in [0.05, 0.1) is 17.7 Å². The normalized spacial score (nSPS) is 10.5. The molecule has 0 saturated carbocycles. The van der Waals surface area contributed by atoms with Crippen molar-refractivity contribution in [1.29, 1.82) is 0 Å². The minimum Gasteiger partial charge on any atom is -0.481 e. The van der Waals surface area contributed by atoms with Crippen LogP contribution < -0.4 is 5.73 Å². The second-order valence-electron chi connectivity index (χ2n) is 2.65. The summed E-state index contributed by atoms with van der Waals surface area (Å²) in [7, 11) is 0. The third-order valence-electron chi connectivity index (χ3n) is 1.58. The zero-order valence-corrected chi connectivity index (χ0v) is 7.08. The number of anilines is 1. The predicted octanol–water partition coefficient (Wildman–Crippen LogP) is 1.23. The number of nitrogens with zero attached hydrogens (tertiary/aromatic N) is 1. The second kappa shape index (κ2) is 3.99. The second-order valence-corrected chi connectivity index (χ2v) is 2.65. The molecule has 0 atom stereocenters. The van der Waals surface area contributed by atoms with Crippen molar-refractivity contribution in [1.82, 2.24) is 4.98 Å². The van der Waals surface area contributed by atoms with Crippen LogP contribution in [0, 0.1) is 0 Å². The molecule has 0 bridgehead atoms. The molecule has 0 aliphatic heterocycles. The van der Waals surface area contributed by atoms with Crippen LogP contribution in [0.15, 0.2) is 12.1 Å². The van der Waals surface area contributed by atoms with Gasteiger partial charge in [-0.3, -0.25) is 4.79 Å². The zero-order chi connectivity index (χ0) is 10.7. The van der Waals surface area contributed by atoms with E-state index in [4.69, 9.17) is 10.8 Å². The highest BCUT2D eigenvalue weighted by atomic mass is 19.3. The van der Waals surface area contributed by atoms with Crippen molar-refractivity contribution in [3.8, 4) is 0 Å². The summed E-state index contributed by atoms with van der Waals surface area (Å²) in [4.78, 5) is 13.8. The van der Waals surface area contributed by atoms with E-state index in [1.165, 1.54) is 6.07 Å². The van der Waals surface area contributed by atoms with E-state index < -0.39 is 12.4 Å². The molecule has 1 rings (SSSR count). The van der Waals surface area contributed by atoms with Crippen molar-refractivity contribution in [3.05, 3.63) is 23.4 Å². The molecule has 0 radical (unpaired) electrons. The molecule has 0 amide bonds. The summed E-state index contributed by atoms with van der Waals surface area (Å²) in [6.07, 6.45) is -3.02. The van der Waals surface area contributed by atoms with Gasteiger partial charge in [-0.25, -0.2) is 13.8 Å². The van der Waals surface area contributed by atoms with Crippen molar-refractivity contribution < 1.29 is 18.7 Å². The van der Waals surface area contributed by atoms with Crippen LogP contribution in [-0.4, -0.2) is 16.1 Å². The highest BCUT2D eigenvalue weighted by Gasteiger charge is 2.13. The average molecular weight is 202 g/mol. The summed E-state index contributed by atoms with van der Waals surface area (Å²) in [5.74, 6) is -1.40. The smallest absolute Gasteiger partial charge is 0.309 e. The minimum absolute atomic E-state index is 0.166. The Morgan fingerprint density at radius 3 is 2.64 bits per heavy atom. The molecule has 1 heterocycles. The number of halogens is 2. The Bertz CT molecular complexity index is 355. The average Bonchev–Trinajstić information content (AvgIpc) is 2.01. The lowest BCUT2D eigenvalue weighted by Crippen LogP contribution is -2.06. The van der Waals surface area contributed by atoms with Gasteiger partial charge >= 0.3 is 5.97 Å². The molecule has 6 heteroatoms. The number of nitrogens with two attached hydrogens (primary N) is 1. The molecular formula is C8H8F2N2O2. The Morgan fingerprint density at radius 2 is 2.21 bits per heavy atom. The van der Waals surface area contributed by atoms with Crippen LogP contribution in [0.25, 0.3) is 0 Å². The number of rotatable bonds is 3. The molecule has 0 spiro atoms. The molecule has 1 aromatic heterocycles. The van der Waals surface area contributed by atoms with Gasteiger partial charge < -0.3 is 10.8 Å². The molecule has 0 aliphatic rings. The summed E-state index contributed by atoms with van der Waals surface area (Å²) < 4.78 is 24.4. The van der Waals surface area contributed by atoms with Gasteiger partial charge in [-0.05, 0) is 12.1 Å². The number of hydrogen-bond donors (Lipinski definition) is 2. The Hall–Kier alpha value is -1.72. The maximum absolute atomic E-state index is 12.2. The van der Waals surface area contributed by atoms with E-state index in [-0.39, 0.29) is 23.5 Å². The van der Waals surface area contributed by atoms with Gasteiger partial charge in [-0.1, -0.05) is 0 Å². The fraction of sp³-hybridized carbons (Fsp3) is 0.250. The molecule has 76 valence electrons. The third kappa shape index (κ3) is 2.38. The number of alkyl halides is 2. The van der Waals surface area contributed by atoms with Crippen molar-refractivity contribution in [2.45, 2.75) is 12.8 Å². The molecule has 0 unspecified atom stereocenters. The fourth-order valence-electron chi connectivity index (χ4n) is 0.966. The molecule has 0 fully saturated rings. The lowest BCUT2D eigenvalue weighted by atomic mass is 10.2. The Balaban J connectivity index is 2.94. The van der Waals surface area contributed by atoms with E-state index in [1.807, 2.05) is 0 Å². The van der Waals surface area contributed by atoms with E-state index in [0.29, 0.717) is 0 Å². The standard InChI is InChI=1S/C8H8F2N2O2/c9-7(10)5-2-1-4(3-6(13)14)12-8(5)11/h1-2,7H,3H2,(H2,11,12)(H,13,14). The van der Waals surface area contributed by atoms with Crippen LogP contribution in [-0.2, 0) is 11.2 Å². The first kappa shape index (κ1) is 10.4. The molecule has 1 aromatic rings. The number of carbonyl (C=O) groups is 1. The molecule has 3 N–H and O–H groups in total. The van der Waals surface area contributed by atoms with Crippen molar-refractivity contribution in [2.75, 3.05) is 5.73 Å².